The van der Waals surface area contributed by atoms with Crippen LogP contribution in [0.1, 0.15) is 46.0 Å². The monoisotopic (exact) mass is 226 g/mol. The van der Waals surface area contributed by atoms with E-state index in [9.17, 15) is 9.59 Å². The maximum absolute atomic E-state index is 11.7. The molecular weight excluding hydrogens is 204 g/mol. The van der Waals surface area contributed by atoms with E-state index >= 15 is 0 Å². The van der Waals surface area contributed by atoms with Crippen molar-refractivity contribution in [2.45, 2.75) is 58.0 Å². The molecule has 92 valence electrons. The average Bonchev–Trinajstić information content (AvgIpc) is 2.47. The topological polar surface area (TPSA) is 49.4 Å². The zero-order chi connectivity index (χ0) is 12.1. The molecule has 0 aromatic heterocycles. The second kappa shape index (κ2) is 5.99. The van der Waals surface area contributed by atoms with E-state index in [4.69, 9.17) is 0 Å². The number of nitrogens with zero attached hydrogens (tertiary/aromatic N) is 1. The van der Waals surface area contributed by atoms with Crippen molar-refractivity contribution in [2.24, 2.45) is 0 Å². The van der Waals surface area contributed by atoms with Crippen LogP contribution in [-0.2, 0) is 9.59 Å². The van der Waals surface area contributed by atoms with Gasteiger partial charge in [0.05, 0.1) is 12.5 Å². The minimum Gasteiger partial charge on any atom is -0.303 e. The molecule has 0 aromatic carbocycles. The van der Waals surface area contributed by atoms with Gasteiger partial charge in [-0.2, -0.15) is 0 Å². The molecule has 0 spiro atoms. The van der Waals surface area contributed by atoms with Crippen molar-refractivity contribution in [3.05, 3.63) is 0 Å². The second-order valence-corrected chi connectivity index (χ2v) is 4.49. The van der Waals surface area contributed by atoms with E-state index in [0.717, 1.165) is 25.7 Å². The lowest BCUT2D eigenvalue weighted by Crippen LogP contribution is -2.43. The highest BCUT2D eigenvalue weighted by Gasteiger charge is 2.36. The van der Waals surface area contributed by atoms with Crippen LogP contribution in [0.3, 0.4) is 0 Å². The van der Waals surface area contributed by atoms with E-state index in [0.29, 0.717) is 12.5 Å². The molecule has 1 aliphatic rings. The van der Waals surface area contributed by atoms with E-state index in [1.807, 2.05) is 0 Å². The minimum atomic E-state index is -0.291. The first kappa shape index (κ1) is 13.2. The summed E-state index contributed by atoms with van der Waals surface area (Å²) in [4.78, 5) is 24.3. The Morgan fingerprint density at radius 3 is 2.25 bits per heavy atom. The SMILES string of the molecule is CCCC(CCC)NC1CC(=O)N(C)C1=O. The van der Waals surface area contributed by atoms with Crippen molar-refractivity contribution < 1.29 is 9.59 Å². The smallest absolute Gasteiger partial charge is 0.246 e. The van der Waals surface area contributed by atoms with Crippen molar-refractivity contribution in [3.63, 3.8) is 0 Å². The summed E-state index contributed by atoms with van der Waals surface area (Å²) in [6.07, 6.45) is 4.65. The lowest BCUT2D eigenvalue weighted by molar-refractivity contribution is -0.137. The van der Waals surface area contributed by atoms with Gasteiger partial charge in [0.1, 0.15) is 0 Å². The number of carbonyl (C=O) groups is 2. The standard InChI is InChI=1S/C12H22N2O2/c1-4-6-9(7-5-2)13-10-8-11(15)14(3)12(10)16/h9-10,13H,4-8H2,1-3H3. The highest BCUT2D eigenvalue weighted by Crippen LogP contribution is 2.14. The van der Waals surface area contributed by atoms with Gasteiger partial charge in [0.15, 0.2) is 0 Å². The average molecular weight is 226 g/mol. The summed E-state index contributed by atoms with van der Waals surface area (Å²) in [6, 6.07) is 0.0730. The largest absolute Gasteiger partial charge is 0.303 e. The van der Waals surface area contributed by atoms with Crippen LogP contribution in [0.5, 0.6) is 0 Å². The van der Waals surface area contributed by atoms with Crippen molar-refractivity contribution in [1.29, 1.82) is 0 Å². The molecule has 1 unspecified atom stereocenters. The van der Waals surface area contributed by atoms with E-state index in [-0.39, 0.29) is 17.9 Å². The molecule has 0 saturated carbocycles. The Kier molecular flexibility index (Phi) is 4.93. The van der Waals surface area contributed by atoms with Crippen LogP contribution in [-0.4, -0.2) is 35.8 Å². The third kappa shape index (κ3) is 3.04. The molecule has 2 amide bonds. The molecule has 1 heterocycles. The van der Waals surface area contributed by atoms with Crippen LogP contribution < -0.4 is 5.32 Å². The van der Waals surface area contributed by atoms with Gasteiger partial charge in [-0.05, 0) is 12.8 Å². The Bertz CT molecular complexity index is 260. The number of rotatable bonds is 6. The molecule has 0 aromatic rings. The van der Waals surface area contributed by atoms with Gasteiger partial charge in [0, 0.05) is 13.1 Å². The van der Waals surface area contributed by atoms with Crippen LogP contribution in [0.15, 0.2) is 0 Å². The van der Waals surface area contributed by atoms with Gasteiger partial charge in [0.25, 0.3) is 0 Å². The van der Waals surface area contributed by atoms with Crippen LogP contribution in [0.2, 0.25) is 0 Å². The fourth-order valence-corrected chi connectivity index (χ4v) is 2.18. The predicted octanol–water partition coefficient (Wildman–Crippen LogP) is 1.30. The minimum absolute atomic E-state index is 0.0748. The molecule has 1 atom stereocenters. The van der Waals surface area contributed by atoms with Gasteiger partial charge in [-0.1, -0.05) is 26.7 Å². The number of nitrogens with one attached hydrogen (secondary N) is 1. The van der Waals surface area contributed by atoms with E-state index in [2.05, 4.69) is 19.2 Å². The molecule has 4 heteroatoms. The first-order valence-electron chi connectivity index (χ1n) is 6.16. The van der Waals surface area contributed by atoms with E-state index in [1.54, 1.807) is 7.05 Å². The van der Waals surface area contributed by atoms with Gasteiger partial charge in [-0.15, -0.1) is 0 Å². The number of likely N-dealkylation sites (N-methyl/N-ethyl adjacent to an activating group) is 1. The maximum atomic E-state index is 11.7. The van der Waals surface area contributed by atoms with Crippen molar-refractivity contribution in [3.8, 4) is 0 Å². The van der Waals surface area contributed by atoms with Crippen molar-refractivity contribution in [2.75, 3.05) is 7.05 Å². The predicted molar refractivity (Wildman–Crippen MR) is 62.9 cm³/mol. The first-order valence-corrected chi connectivity index (χ1v) is 6.16. The highest BCUT2D eigenvalue weighted by atomic mass is 16.2. The van der Waals surface area contributed by atoms with Gasteiger partial charge in [-0.3, -0.25) is 14.5 Å². The number of amides is 2. The molecule has 16 heavy (non-hydrogen) atoms. The molecule has 1 rings (SSSR count). The molecule has 1 fully saturated rings. The Hall–Kier alpha value is -0.900. The third-order valence-electron chi connectivity index (χ3n) is 3.09. The lowest BCUT2D eigenvalue weighted by atomic mass is 10.1. The highest BCUT2D eigenvalue weighted by molar-refractivity contribution is 6.05. The number of carbonyl (C=O) groups excluding carboxylic acids is 2. The van der Waals surface area contributed by atoms with Gasteiger partial charge >= 0.3 is 0 Å². The fourth-order valence-electron chi connectivity index (χ4n) is 2.18. The Labute approximate surface area is 97.4 Å². The molecule has 1 aliphatic heterocycles. The molecular formula is C12H22N2O2. The number of likely N-dealkylation sites (tertiary alicyclic amines) is 1. The molecule has 0 bridgehead atoms. The second-order valence-electron chi connectivity index (χ2n) is 4.49. The lowest BCUT2D eigenvalue weighted by Gasteiger charge is -2.20. The zero-order valence-electron chi connectivity index (χ0n) is 10.5. The van der Waals surface area contributed by atoms with Crippen molar-refractivity contribution >= 4 is 11.8 Å². The fraction of sp³-hybridized carbons (Fsp3) is 0.833. The number of imide groups is 1. The zero-order valence-corrected chi connectivity index (χ0v) is 10.5. The molecule has 4 nitrogen and oxygen atoms in total. The molecule has 1 saturated heterocycles. The van der Waals surface area contributed by atoms with E-state index < -0.39 is 0 Å². The summed E-state index contributed by atoms with van der Waals surface area (Å²) in [7, 11) is 1.56. The quantitative estimate of drug-likeness (QED) is 0.695. The summed E-state index contributed by atoms with van der Waals surface area (Å²) in [6.45, 7) is 4.27. The molecule has 0 aliphatic carbocycles. The maximum Gasteiger partial charge on any atom is 0.246 e. The van der Waals surface area contributed by atoms with Gasteiger partial charge in [0.2, 0.25) is 11.8 Å². The normalized spacial score (nSPS) is 21.2. The van der Waals surface area contributed by atoms with Crippen LogP contribution in [0.25, 0.3) is 0 Å². The Morgan fingerprint density at radius 2 is 1.88 bits per heavy atom. The third-order valence-corrected chi connectivity index (χ3v) is 3.09. The summed E-state index contributed by atoms with van der Waals surface area (Å²) in [5.41, 5.74) is 0. The van der Waals surface area contributed by atoms with Crippen LogP contribution >= 0.6 is 0 Å². The summed E-state index contributed by atoms with van der Waals surface area (Å²) < 4.78 is 0. The number of hydrogen-bond acceptors (Lipinski definition) is 3. The molecule has 0 radical (unpaired) electrons. The summed E-state index contributed by atoms with van der Waals surface area (Å²) >= 11 is 0. The van der Waals surface area contributed by atoms with Crippen molar-refractivity contribution in [1.82, 2.24) is 10.2 Å². The number of hydrogen-bond donors (Lipinski definition) is 1. The summed E-state index contributed by atoms with van der Waals surface area (Å²) in [5, 5.41) is 3.32. The summed E-state index contributed by atoms with van der Waals surface area (Å²) in [5.74, 6) is -0.156. The Balaban J connectivity index is 2.51. The first-order chi connectivity index (χ1) is 7.60. The Morgan fingerprint density at radius 1 is 1.31 bits per heavy atom. The molecule has 1 N–H and O–H groups in total. The van der Waals surface area contributed by atoms with Gasteiger partial charge < -0.3 is 5.32 Å². The van der Waals surface area contributed by atoms with E-state index in [1.165, 1.54) is 4.90 Å². The van der Waals surface area contributed by atoms with Crippen LogP contribution in [0, 0.1) is 0 Å². The van der Waals surface area contributed by atoms with Crippen LogP contribution in [0.4, 0.5) is 0 Å². The van der Waals surface area contributed by atoms with Gasteiger partial charge in [-0.25, -0.2) is 0 Å².